The molecule has 0 bridgehead atoms. The van der Waals surface area contributed by atoms with Crippen LogP contribution in [0.25, 0.3) is 11.3 Å². The molecule has 0 fully saturated rings. The number of rotatable bonds is 14. The van der Waals surface area contributed by atoms with Gasteiger partial charge in [-0.05, 0) is 18.9 Å². The van der Waals surface area contributed by atoms with Crippen LogP contribution in [0.3, 0.4) is 0 Å². The maximum Gasteiger partial charge on any atom is 0.254 e. The molecule has 144 valence electrons. The zero-order chi connectivity index (χ0) is 18.5. The van der Waals surface area contributed by atoms with E-state index in [1.807, 2.05) is 36.1 Å². The number of hydrogen-bond donors (Lipinski definition) is 1. The Balaban J connectivity index is 1.54. The van der Waals surface area contributed by atoms with Gasteiger partial charge in [-0.15, -0.1) is 4.37 Å². The lowest BCUT2D eigenvalue weighted by atomic mass is 10.1. The quantitative estimate of drug-likeness (QED) is 0.393. The number of hydrogen-bond acceptors (Lipinski definition) is 5. The molecule has 0 aliphatic carbocycles. The summed E-state index contributed by atoms with van der Waals surface area (Å²) in [6.07, 6.45) is 16.2. The number of unbranched alkanes of at least 4 members (excludes halogenated alkanes) is 9. The normalized spacial score (nSPS) is 11.0. The van der Waals surface area contributed by atoms with Gasteiger partial charge in [0, 0.05) is 12.7 Å². The van der Waals surface area contributed by atoms with Gasteiger partial charge >= 0.3 is 0 Å². The molecule has 5 nitrogen and oxygen atoms in total. The van der Waals surface area contributed by atoms with E-state index in [4.69, 9.17) is 9.84 Å². The third kappa shape index (κ3) is 7.79. The topological polar surface area (TPSA) is 59.1 Å². The van der Waals surface area contributed by atoms with Crippen LogP contribution >= 0.6 is 11.7 Å². The van der Waals surface area contributed by atoms with Crippen LogP contribution in [0, 0.1) is 0 Å². The molecule has 0 spiro atoms. The van der Waals surface area contributed by atoms with Gasteiger partial charge < -0.3 is 9.84 Å². The van der Waals surface area contributed by atoms with Crippen molar-refractivity contribution >= 4 is 11.7 Å². The lowest BCUT2D eigenvalue weighted by Crippen LogP contribution is -2.26. The lowest BCUT2D eigenvalue weighted by Gasteiger charge is -2.05. The summed E-state index contributed by atoms with van der Waals surface area (Å²) >= 11 is 1.20. The monoisotopic (exact) mass is 378 g/mol. The molecule has 6 heteroatoms. The molecule has 2 aromatic heterocycles. The van der Waals surface area contributed by atoms with Crippen molar-refractivity contribution in [2.45, 2.75) is 64.2 Å². The number of pyridine rings is 1. The predicted octanol–water partition coefficient (Wildman–Crippen LogP) is 4.30. The average molecular weight is 379 g/mol. The Hall–Kier alpha value is -1.53. The summed E-state index contributed by atoms with van der Waals surface area (Å²) in [4.78, 5) is 0. The van der Waals surface area contributed by atoms with Crippen molar-refractivity contribution in [1.82, 2.24) is 8.75 Å². The highest BCUT2D eigenvalue weighted by Crippen LogP contribution is 2.26. The van der Waals surface area contributed by atoms with Crippen molar-refractivity contribution in [3.05, 3.63) is 24.5 Å². The summed E-state index contributed by atoms with van der Waals surface area (Å²) in [7, 11) is 2.00. The lowest BCUT2D eigenvalue weighted by molar-refractivity contribution is -0.671. The minimum Gasteiger partial charge on any atom is -0.475 e. The number of aromatic nitrogens is 3. The van der Waals surface area contributed by atoms with Gasteiger partial charge in [0.05, 0.1) is 23.9 Å². The smallest absolute Gasteiger partial charge is 0.254 e. The Morgan fingerprint density at radius 3 is 2.27 bits per heavy atom. The summed E-state index contributed by atoms with van der Waals surface area (Å²) in [5.74, 6) is 0.657. The van der Waals surface area contributed by atoms with Crippen molar-refractivity contribution in [1.29, 1.82) is 0 Å². The van der Waals surface area contributed by atoms with E-state index in [1.165, 1.54) is 63.1 Å². The van der Waals surface area contributed by atoms with Crippen LogP contribution in [0.1, 0.15) is 64.2 Å². The molecule has 26 heavy (non-hydrogen) atoms. The Kier molecular flexibility index (Phi) is 10.2. The zero-order valence-corrected chi connectivity index (χ0v) is 16.7. The summed E-state index contributed by atoms with van der Waals surface area (Å²) in [6, 6.07) is 4.04. The minimum atomic E-state index is 0.338. The fraction of sp³-hybridized carbons (Fsp3) is 0.650. The number of ether oxygens (including phenoxy) is 1. The van der Waals surface area contributed by atoms with Crippen LogP contribution in [0.15, 0.2) is 24.5 Å². The highest BCUT2D eigenvalue weighted by Gasteiger charge is 2.14. The van der Waals surface area contributed by atoms with Crippen LogP contribution < -0.4 is 9.30 Å². The summed E-state index contributed by atoms with van der Waals surface area (Å²) in [5, 5.41) is 8.74. The fourth-order valence-corrected chi connectivity index (χ4v) is 3.50. The van der Waals surface area contributed by atoms with E-state index in [1.54, 1.807) is 0 Å². The molecular formula is C20H32N3O2S+. The molecule has 0 aliphatic rings. The summed E-state index contributed by atoms with van der Waals surface area (Å²) < 4.78 is 16.5. The molecule has 2 heterocycles. The second-order valence-electron chi connectivity index (χ2n) is 6.78. The van der Waals surface area contributed by atoms with Gasteiger partial charge in [0.2, 0.25) is 0 Å². The first-order chi connectivity index (χ1) is 12.8. The summed E-state index contributed by atoms with van der Waals surface area (Å²) in [5.41, 5.74) is 1.88. The Bertz CT molecular complexity index is 619. The van der Waals surface area contributed by atoms with E-state index in [2.05, 4.69) is 8.75 Å². The number of aryl methyl sites for hydroxylation is 1. The van der Waals surface area contributed by atoms with Crippen molar-refractivity contribution in [2.24, 2.45) is 7.05 Å². The molecule has 0 aromatic carbocycles. The first-order valence-electron chi connectivity index (χ1n) is 9.83. The van der Waals surface area contributed by atoms with Gasteiger partial charge in [-0.25, -0.2) is 4.57 Å². The third-order valence-electron chi connectivity index (χ3n) is 4.46. The van der Waals surface area contributed by atoms with Crippen molar-refractivity contribution in [3.63, 3.8) is 0 Å². The molecule has 0 atom stereocenters. The van der Waals surface area contributed by atoms with Gasteiger partial charge in [0.15, 0.2) is 18.1 Å². The maximum atomic E-state index is 8.74. The highest BCUT2D eigenvalue weighted by molar-refractivity contribution is 6.99. The van der Waals surface area contributed by atoms with Crippen molar-refractivity contribution in [3.8, 4) is 17.1 Å². The molecule has 2 rings (SSSR count). The second kappa shape index (κ2) is 12.8. The van der Waals surface area contributed by atoms with E-state index >= 15 is 0 Å². The Labute approximate surface area is 161 Å². The van der Waals surface area contributed by atoms with E-state index in [-0.39, 0.29) is 0 Å². The second-order valence-corrected chi connectivity index (χ2v) is 7.31. The first kappa shape index (κ1) is 20.8. The maximum absolute atomic E-state index is 8.74. The molecular weight excluding hydrogens is 346 g/mol. The Morgan fingerprint density at radius 2 is 1.62 bits per heavy atom. The Morgan fingerprint density at radius 1 is 0.962 bits per heavy atom. The van der Waals surface area contributed by atoms with Gasteiger partial charge in [0.1, 0.15) is 7.05 Å². The fourth-order valence-electron chi connectivity index (χ4n) is 2.98. The molecule has 1 N–H and O–H groups in total. The zero-order valence-electron chi connectivity index (χ0n) is 15.9. The predicted molar refractivity (Wildman–Crippen MR) is 105 cm³/mol. The van der Waals surface area contributed by atoms with Crippen molar-refractivity contribution < 1.29 is 14.4 Å². The van der Waals surface area contributed by atoms with E-state index in [0.29, 0.717) is 19.1 Å². The molecule has 0 unspecified atom stereocenters. The number of aliphatic hydroxyl groups excluding tert-OH is 1. The van der Waals surface area contributed by atoms with Gasteiger partial charge in [-0.2, -0.15) is 4.37 Å². The van der Waals surface area contributed by atoms with Crippen LogP contribution in [-0.4, -0.2) is 27.1 Å². The van der Waals surface area contributed by atoms with E-state index in [0.717, 1.165) is 24.1 Å². The van der Waals surface area contributed by atoms with Gasteiger partial charge in [-0.1, -0.05) is 51.4 Å². The first-order valence-corrected chi connectivity index (χ1v) is 10.6. The van der Waals surface area contributed by atoms with Crippen molar-refractivity contribution in [2.75, 3.05) is 13.2 Å². The molecule has 0 aliphatic heterocycles. The molecule has 0 radical (unpaired) electrons. The molecule has 2 aromatic rings. The van der Waals surface area contributed by atoms with Crippen LogP contribution in [0.4, 0.5) is 0 Å². The number of aliphatic hydroxyl groups is 1. The SMILES string of the molecule is C[n+]1cccc(-c2nsnc2OCCCCCCCCCCCCO)c1. The van der Waals surface area contributed by atoms with Gasteiger partial charge in [-0.3, -0.25) is 0 Å². The van der Waals surface area contributed by atoms with E-state index < -0.39 is 0 Å². The largest absolute Gasteiger partial charge is 0.475 e. The van der Waals surface area contributed by atoms with Crippen LogP contribution in [0.5, 0.6) is 5.88 Å². The van der Waals surface area contributed by atoms with Crippen LogP contribution in [0.2, 0.25) is 0 Å². The summed E-state index contributed by atoms with van der Waals surface area (Å²) in [6.45, 7) is 1.04. The average Bonchev–Trinajstić information content (AvgIpc) is 3.11. The molecule has 0 saturated carbocycles. The number of nitrogens with zero attached hydrogens (tertiary/aromatic N) is 3. The van der Waals surface area contributed by atoms with Crippen LogP contribution in [-0.2, 0) is 7.05 Å². The standard InChI is InChI=1S/C20H32N3O2S/c1-23-14-12-13-18(17-23)19-20(22-26-21-19)25-16-11-9-7-5-3-2-4-6-8-10-15-24/h12-14,17,24H,2-11,15-16H2,1H3/q+1. The minimum absolute atomic E-state index is 0.338. The van der Waals surface area contributed by atoms with Gasteiger partial charge in [0.25, 0.3) is 5.88 Å². The molecule has 0 amide bonds. The third-order valence-corrected chi connectivity index (χ3v) is 4.97. The highest BCUT2D eigenvalue weighted by atomic mass is 32.1. The molecule has 0 saturated heterocycles. The van der Waals surface area contributed by atoms with E-state index in [9.17, 15) is 0 Å².